The second-order valence-corrected chi connectivity index (χ2v) is 6.76. The van der Waals surface area contributed by atoms with Crippen molar-refractivity contribution in [3.8, 4) is 0 Å². The second kappa shape index (κ2) is 7.10. The van der Waals surface area contributed by atoms with Crippen LogP contribution in [0.2, 0.25) is 0 Å². The molecule has 1 aliphatic rings. The first-order valence-electron chi connectivity index (χ1n) is 7.94. The molecule has 2 amide bonds. The topological polar surface area (TPSA) is 75.4 Å². The van der Waals surface area contributed by atoms with Crippen LogP contribution < -0.4 is 11.1 Å². The van der Waals surface area contributed by atoms with Gasteiger partial charge in [-0.2, -0.15) is 0 Å². The molecule has 1 fully saturated rings. The Balaban J connectivity index is 1.74. The fourth-order valence-corrected chi connectivity index (χ4v) is 3.88. The fourth-order valence-electron chi connectivity index (χ4n) is 3.07. The number of piperidine rings is 1. The summed E-state index contributed by atoms with van der Waals surface area (Å²) in [6, 6.07) is 7.80. The molecule has 3 N–H and O–H groups in total. The van der Waals surface area contributed by atoms with E-state index in [-0.39, 0.29) is 17.7 Å². The van der Waals surface area contributed by atoms with Gasteiger partial charge < -0.3 is 16.0 Å². The van der Waals surface area contributed by atoms with Crippen LogP contribution in [0.4, 0.5) is 0 Å². The van der Waals surface area contributed by atoms with E-state index in [1.807, 2.05) is 34.5 Å². The lowest BCUT2D eigenvalue weighted by atomic mass is 9.96. The number of likely N-dealkylation sites (tertiary alicyclic amines) is 1. The molecule has 2 heterocycles. The van der Waals surface area contributed by atoms with Crippen LogP contribution in [0.5, 0.6) is 0 Å². The average Bonchev–Trinajstić information content (AvgIpc) is 3.07. The summed E-state index contributed by atoms with van der Waals surface area (Å²) in [6.45, 7) is 2.11. The quantitative estimate of drug-likeness (QED) is 0.897. The van der Waals surface area contributed by atoms with Gasteiger partial charge in [-0.25, -0.2) is 0 Å². The van der Waals surface area contributed by atoms with Gasteiger partial charge in [0.25, 0.3) is 5.91 Å². The maximum atomic E-state index is 12.9. The summed E-state index contributed by atoms with van der Waals surface area (Å²) >= 11 is 1.63. The fraction of sp³-hybridized carbons (Fsp3) is 0.412. The number of carbonyl (C=O) groups is 2. The Bertz CT molecular complexity index is 713. The normalized spacial score (nSPS) is 18.1. The minimum atomic E-state index is -0.138. The zero-order chi connectivity index (χ0) is 16.2. The van der Waals surface area contributed by atoms with Crippen molar-refractivity contribution < 1.29 is 9.59 Å². The van der Waals surface area contributed by atoms with Crippen LogP contribution in [0.15, 0.2) is 29.6 Å². The maximum absolute atomic E-state index is 12.9. The Kier molecular flexibility index (Phi) is 4.93. The van der Waals surface area contributed by atoms with Crippen LogP contribution in [-0.2, 0) is 4.79 Å². The molecule has 1 saturated heterocycles. The summed E-state index contributed by atoms with van der Waals surface area (Å²) in [7, 11) is 0. The zero-order valence-electron chi connectivity index (χ0n) is 13.0. The van der Waals surface area contributed by atoms with E-state index < -0.39 is 0 Å². The van der Waals surface area contributed by atoms with Gasteiger partial charge in [-0.15, -0.1) is 11.3 Å². The van der Waals surface area contributed by atoms with Crippen molar-refractivity contribution in [3.05, 3.63) is 35.2 Å². The zero-order valence-corrected chi connectivity index (χ0v) is 13.8. The van der Waals surface area contributed by atoms with Crippen molar-refractivity contribution in [2.45, 2.75) is 12.8 Å². The third-order valence-electron chi connectivity index (χ3n) is 4.25. The van der Waals surface area contributed by atoms with Gasteiger partial charge in [0, 0.05) is 41.8 Å². The van der Waals surface area contributed by atoms with E-state index in [0.717, 1.165) is 28.5 Å². The molecule has 0 bridgehead atoms. The maximum Gasteiger partial charge on any atom is 0.254 e. The summed E-state index contributed by atoms with van der Waals surface area (Å²) in [5.41, 5.74) is 6.15. The summed E-state index contributed by atoms with van der Waals surface area (Å²) in [4.78, 5) is 26.8. The first-order chi connectivity index (χ1) is 11.2. The van der Waals surface area contributed by atoms with Gasteiger partial charge in [-0.05, 0) is 36.4 Å². The molecule has 0 spiro atoms. The van der Waals surface area contributed by atoms with Gasteiger partial charge in [0.05, 0.1) is 5.92 Å². The molecule has 122 valence electrons. The van der Waals surface area contributed by atoms with E-state index in [2.05, 4.69) is 5.32 Å². The Labute approximate surface area is 139 Å². The van der Waals surface area contributed by atoms with Crippen LogP contribution in [0.25, 0.3) is 10.1 Å². The standard InChI is InChI=1S/C17H21N3O2S/c18-7-8-19-16(21)12-3-2-9-20(11-12)17(22)14-4-1-5-15-13(14)6-10-23-15/h1,4-6,10,12H,2-3,7-9,11,18H2,(H,19,21). The lowest BCUT2D eigenvalue weighted by Gasteiger charge is -2.32. The molecule has 1 aromatic carbocycles. The van der Waals surface area contributed by atoms with Gasteiger partial charge in [-0.1, -0.05) is 6.07 Å². The number of nitrogens with one attached hydrogen (secondary N) is 1. The molecule has 1 aliphatic heterocycles. The molecular formula is C17H21N3O2S. The largest absolute Gasteiger partial charge is 0.355 e. The molecule has 0 radical (unpaired) electrons. The van der Waals surface area contributed by atoms with E-state index in [9.17, 15) is 9.59 Å². The summed E-state index contributed by atoms with van der Waals surface area (Å²) in [5, 5.41) is 5.82. The molecule has 2 aromatic rings. The van der Waals surface area contributed by atoms with Crippen LogP contribution in [-0.4, -0.2) is 42.9 Å². The van der Waals surface area contributed by atoms with Crippen molar-refractivity contribution in [1.29, 1.82) is 0 Å². The highest BCUT2D eigenvalue weighted by Crippen LogP contribution is 2.26. The molecule has 3 rings (SSSR count). The van der Waals surface area contributed by atoms with Gasteiger partial charge in [0.1, 0.15) is 0 Å². The minimum Gasteiger partial charge on any atom is -0.355 e. The predicted molar refractivity (Wildman–Crippen MR) is 92.5 cm³/mol. The molecule has 5 nitrogen and oxygen atoms in total. The number of fused-ring (bicyclic) bond motifs is 1. The summed E-state index contributed by atoms with van der Waals surface area (Å²) in [6.07, 6.45) is 1.68. The third-order valence-corrected chi connectivity index (χ3v) is 5.13. The highest BCUT2D eigenvalue weighted by molar-refractivity contribution is 7.17. The Morgan fingerprint density at radius 2 is 2.22 bits per heavy atom. The van der Waals surface area contributed by atoms with Crippen molar-refractivity contribution in [1.82, 2.24) is 10.2 Å². The van der Waals surface area contributed by atoms with E-state index in [1.54, 1.807) is 11.3 Å². The minimum absolute atomic E-state index is 0.00157. The predicted octanol–water partition coefficient (Wildman–Crippen LogP) is 1.83. The van der Waals surface area contributed by atoms with Crippen LogP contribution in [0.1, 0.15) is 23.2 Å². The number of nitrogens with two attached hydrogens (primary N) is 1. The smallest absolute Gasteiger partial charge is 0.254 e. The van der Waals surface area contributed by atoms with E-state index in [4.69, 9.17) is 5.73 Å². The van der Waals surface area contributed by atoms with Crippen LogP contribution in [0.3, 0.4) is 0 Å². The van der Waals surface area contributed by atoms with Crippen molar-refractivity contribution in [2.75, 3.05) is 26.2 Å². The third kappa shape index (κ3) is 3.38. The van der Waals surface area contributed by atoms with Crippen LogP contribution >= 0.6 is 11.3 Å². The Morgan fingerprint density at radius 1 is 1.35 bits per heavy atom. The number of hydrogen-bond donors (Lipinski definition) is 2. The monoisotopic (exact) mass is 331 g/mol. The molecule has 0 aliphatic carbocycles. The molecular weight excluding hydrogens is 310 g/mol. The number of carbonyl (C=O) groups excluding carboxylic acids is 2. The first-order valence-corrected chi connectivity index (χ1v) is 8.82. The van der Waals surface area contributed by atoms with Gasteiger partial charge in [0.15, 0.2) is 0 Å². The SMILES string of the molecule is NCCNC(=O)C1CCCN(C(=O)c2cccc3sccc23)C1. The van der Waals surface area contributed by atoms with Gasteiger partial charge >= 0.3 is 0 Å². The summed E-state index contributed by atoms with van der Waals surface area (Å²) in [5.74, 6) is -0.118. The number of amides is 2. The van der Waals surface area contributed by atoms with Gasteiger partial charge in [0.2, 0.25) is 5.91 Å². The lowest BCUT2D eigenvalue weighted by molar-refractivity contribution is -0.126. The molecule has 1 atom stereocenters. The van der Waals surface area contributed by atoms with Crippen molar-refractivity contribution in [2.24, 2.45) is 11.7 Å². The first kappa shape index (κ1) is 16.0. The molecule has 1 unspecified atom stereocenters. The number of rotatable bonds is 4. The van der Waals surface area contributed by atoms with E-state index in [0.29, 0.717) is 26.2 Å². The number of benzene rings is 1. The van der Waals surface area contributed by atoms with E-state index >= 15 is 0 Å². The molecule has 23 heavy (non-hydrogen) atoms. The Morgan fingerprint density at radius 3 is 3.04 bits per heavy atom. The highest BCUT2D eigenvalue weighted by Gasteiger charge is 2.29. The van der Waals surface area contributed by atoms with Crippen LogP contribution in [0, 0.1) is 5.92 Å². The van der Waals surface area contributed by atoms with Crippen molar-refractivity contribution >= 4 is 33.2 Å². The molecule has 1 aromatic heterocycles. The number of thiophene rings is 1. The Hall–Kier alpha value is -1.92. The lowest BCUT2D eigenvalue weighted by Crippen LogP contribution is -2.46. The number of hydrogen-bond acceptors (Lipinski definition) is 4. The van der Waals surface area contributed by atoms with Gasteiger partial charge in [-0.3, -0.25) is 9.59 Å². The van der Waals surface area contributed by atoms with E-state index in [1.165, 1.54) is 0 Å². The number of nitrogens with zero attached hydrogens (tertiary/aromatic N) is 1. The molecule has 6 heteroatoms. The van der Waals surface area contributed by atoms with Crippen molar-refractivity contribution in [3.63, 3.8) is 0 Å². The summed E-state index contributed by atoms with van der Waals surface area (Å²) < 4.78 is 1.12. The second-order valence-electron chi connectivity index (χ2n) is 5.81. The average molecular weight is 331 g/mol. The highest BCUT2D eigenvalue weighted by atomic mass is 32.1. The molecule has 0 saturated carbocycles.